The number of hydrogen-bond acceptors (Lipinski definition) is 6. The first-order valence-corrected chi connectivity index (χ1v) is 11.6. The van der Waals surface area contributed by atoms with Gasteiger partial charge in [-0.05, 0) is 61.6 Å². The van der Waals surface area contributed by atoms with Gasteiger partial charge >= 0.3 is 0 Å². The van der Waals surface area contributed by atoms with E-state index >= 15 is 0 Å². The van der Waals surface area contributed by atoms with Crippen LogP contribution in [0.2, 0.25) is 0 Å². The van der Waals surface area contributed by atoms with Crippen molar-refractivity contribution in [1.29, 1.82) is 0 Å². The van der Waals surface area contributed by atoms with Crippen LogP contribution in [0.15, 0.2) is 42.6 Å². The summed E-state index contributed by atoms with van der Waals surface area (Å²) in [6, 6.07) is 11.5. The number of hydrogen-bond donors (Lipinski definition) is 3. The Morgan fingerprint density at radius 3 is 2.66 bits per heavy atom. The topological polar surface area (TPSA) is 96.0 Å². The molecular weight excluding hydrogens is 422 g/mol. The van der Waals surface area contributed by atoms with E-state index in [2.05, 4.69) is 25.9 Å². The second-order valence-electron chi connectivity index (χ2n) is 8.48. The molecule has 0 atom stereocenters. The lowest BCUT2D eigenvalue weighted by Gasteiger charge is -2.10. The molecule has 1 aromatic carbocycles. The maximum Gasteiger partial charge on any atom is 0.227 e. The molecule has 32 heavy (non-hydrogen) atoms. The van der Waals surface area contributed by atoms with E-state index in [1.165, 1.54) is 11.3 Å². The van der Waals surface area contributed by atoms with Gasteiger partial charge in [-0.25, -0.2) is 9.97 Å². The number of nitrogens with one attached hydrogen (secondary N) is 3. The van der Waals surface area contributed by atoms with Crippen LogP contribution in [0.4, 0.5) is 22.3 Å². The van der Waals surface area contributed by atoms with Gasteiger partial charge in [-0.1, -0.05) is 31.3 Å². The van der Waals surface area contributed by atoms with Crippen molar-refractivity contribution in [3.63, 3.8) is 0 Å². The molecule has 166 valence electrons. The van der Waals surface area contributed by atoms with Crippen molar-refractivity contribution in [3.05, 3.63) is 48.3 Å². The fraction of sp³-hybridized carbons (Fsp3) is 0.333. The van der Waals surface area contributed by atoms with Crippen LogP contribution < -0.4 is 16.0 Å². The standard InChI is InChI=1S/C24H27N5O2S/c1-14(2)11-21(30)29-24-26-15(3)22(32-24)17-9-10-25-20(12-17)27-18-5-4-6-19(13-18)28-23(31)16-7-8-16/h4-6,9-10,12-14,16H,7-8,11H2,1-3H3,(H,25,27)(H,28,31)(H,26,29,30). The van der Waals surface area contributed by atoms with Crippen LogP contribution in [0.5, 0.6) is 0 Å². The second kappa shape index (κ2) is 9.48. The molecule has 3 N–H and O–H groups in total. The van der Waals surface area contributed by atoms with Crippen LogP contribution in [0.1, 0.15) is 38.8 Å². The number of anilines is 4. The van der Waals surface area contributed by atoms with Crippen molar-refractivity contribution in [2.45, 2.75) is 40.0 Å². The van der Waals surface area contributed by atoms with Crippen LogP contribution in [-0.4, -0.2) is 21.8 Å². The molecule has 8 heteroatoms. The number of benzene rings is 1. The third-order valence-electron chi connectivity index (χ3n) is 5.01. The Labute approximate surface area is 191 Å². The predicted molar refractivity (Wildman–Crippen MR) is 129 cm³/mol. The van der Waals surface area contributed by atoms with Crippen molar-refractivity contribution < 1.29 is 9.59 Å². The average Bonchev–Trinajstić information content (AvgIpc) is 3.51. The molecule has 1 aliphatic rings. The van der Waals surface area contributed by atoms with Gasteiger partial charge in [0.1, 0.15) is 5.82 Å². The fourth-order valence-corrected chi connectivity index (χ4v) is 4.29. The highest BCUT2D eigenvalue weighted by molar-refractivity contribution is 7.19. The monoisotopic (exact) mass is 449 g/mol. The van der Waals surface area contributed by atoms with Crippen LogP contribution in [-0.2, 0) is 9.59 Å². The van der Waals surface area contributed by atoms with Gasteiger partial charge < -0.3 is 16.0 Å². The minimum atomic E-state index is -0.0222. The van der Waals surface area contributed by atoms with E-state index in [1.54, 1.807) is 6.20 Å². The number of aromatic nitrogens is 2. The van der Waals surface area contributed by atoms with Gasteiger partial charge in [0.15, 0.2) is 5.13 Å². The van der Waals surface area contributed by atoms with Crippen molar-refractivity contribution in [1.82, 2.24) is 9.97 Å². The van der Waals surface area contributed by atoms with Crippen molar-refractivity contribution >= 4 is 45.5 Å². The molecule has 3 aromatic rings. The van der Waals surface area contributed by atoms with Crippen molar-refractivity contribution in [3.8, 4) is 10.4 Å². The zero-order chi connectivity index (χ0) is 22.7. The Kier molecular flexibility index (Phi) is 6.50. The molecule has 0 unspecified atom stereocenters. The lowest BCUT2D eigenvalue weighted by Crippen LogP contribution is -2.13. The van der Waals surface area contributed by atoms with Gasteiger partial charge in [0.2, 0.25) is 11.8 Å². The first kappa shape index (κ1) is 22.0. The highest BCUT2D eigenvalue weighted by atomic mass is 32.1. The Morgan fingerprint density at radius 1 is 1.12 bits per heavy atom. The van der Waals surface area contributed by atoms with E-state index < -0.39 is 0 Å². The molecule has 1 saturated carbocycles. The zero-order valence-corrected chi connectivity index (χ0v) is 19.3. The lowest BCUT2D eigenvalue weighted by molar-refractivity contribution is -0.117. The summed E-state index contributed by atoms with van der Waals surface area (Å²) >= 11 is 1.45. The Hall–Kier alpha value is -3.26. The van der Waals surface area contributed by atoms with E-state index in [-0.39, 0.29) is 17.7 Å². The van der Waals surface area contributed by atoms with Gasteiger partial charge in [-0.2, -0.15) is 0 Å². The molecular formula is C24H27N5O2S. The highest BCUT2D eigenvalue weighted by Crippen LogP contribution is 2.34. The first-order chi connectivity index (χ1) is 15.4. The summed E-state index contributed by atoms with van der Waals surface area (Å²) in [4.78, 5) is 34.0. The Balaban J connectivity index is 1.47. The fourth-order valence-electron chi connectivity index (χ4n) is 3.31. The lowest BCUT2D eigenvalue weighted by atomic mass is 10.1. The third kappa shape index (κ3) is 5.70. The quantitative estimate of drug-likeness (QED) is 0.417. The summed E-state index contributed by atoms with van der Waals surface area (Å²) in [5, 5.41) is 9.77. The van der Waals surface area contributed by atoms with Crippen LogP contribution >= 0.6 is 11.3 Å². The second-order valence-corrected chi connectivity index (χ2v) is 9.48. The summed E-state index contributed by atoms with van der Waals surface area (Å²) in [5.74, 6) is 1.20. The Morgan fingerprint density at radius 2 is 1.91 bits per heavy atom. The van der Waals surface area contributed by atoms with Gasteiger partial charge in [-0.15, -0.1) is 0 Å². The van der Waals surface area contributed by atoms with Crippen molar-refractivity contribution in [2.75, 3.05) is 16.0 Å². The summed E-state index contributed by atoms with van der Waals surface area (Å²) in [6.45, 7) is 5.96. The van der Waals surface area contributed by atoms with E-state index in [0.29, 0.717) is 23.3 Å². The van der Waals surface area contributed by atoms with Crippen molar-refractivity contribution in [2.24, 2.45) is 11.8 Å². The molecule has 4 rings (SSSR count). The zero-order valence-electron chi connectivity index (χ0n) is 18.4. The summed E-state index contributed by atoms with van der Waals surface area (Å²) in [6.07, 6.45) is 4.16. The average molecular weight is 450 g/mol. The normalized spacial score (nSPS) is 13.1. The molecule has 0 bridgehead atoms. The summed E-state index contributed by atoms with van der Waals surface area (Å²) < 4.78 is 0. The van der Waals surface area contributed by atoms with E-state index in [1.807, 2.05) is 57.2 Å². The molecule has 0 saturated heterocycles. The van der Waals surface area contributed by atoms with Gasteiger partial charge in [0, 0.05) is 29.9 Å². The first-order valence-electron chi connectivity index (χ1n) is 10.8. The number of carbonyl (C=O) groups is 2. The minimum Gasteiger partial charge on any atom is -0.340 e. The molecule has 1 aliphatic carbocycles. The maximum atomic E-state index is 12.1. The SMILES string of the molecule is Cc1nc(NC(=O)CC(C)C)sc1-c1ccnc(Nc2cccc(NC(=O)C3CC3)c2)c1. The molecule has 0 aliphatic heterocycles. The molecule has 7 nitrogen and oxygen atoms in total. The molecule has 0 spiro atoms. The van der Waals surface area contributed by atoms with Crippen LogP contribution in [0.25, 0.3) is 10.4 Å². The predicted octanol–water partition coefficient (Wildman–Crippen LogP) is 5.59. The Bertz CT molecular complexity index is 1140. The molecule has 2 heterocycles. The largest absolute Gasteiger partial charge is 0.340 e. The molecule has 2 aromatic heterocycles. The van der Waals surface area contributed by atoms with Crippen LogP contribution in [0.3, 0.4) is 0 Å². The third-order valence-corrected chi connectivity index (χ3v) is 6.13. The number of pyridine rings is 1. The number of rotatable bonds is 8. The van der Waals surface area contributed by atoms with Crippen LogP contribution in [0, 0.1) is 18.8 Å². The number of aryl methyl sites for hydroxylation is 1. The number of thiazole rings is 1. The summed E-state index contributed by atoms with van der Waals surface area (Å²) in [7, 11) is 0. The van der Waals surface area contributed by atoms with Gasteiger partial charge in [-0.3, -0.25) is 9.59 Å². The highest BCUT2D eigenvalue weighted by Gasteiger charge is 2.29. The molecule has 2 amide bonds. The van der Waals surface area contributed by atoms with Gasteiger partial charge in [0.25, 0.3) is 0 Å². The number of amides is 2. The number of nitrogens with zero attached hydrogens (tertiary/aromatic N) is 2. The molecule has 0 radical (unpaired) electrons. The molecule has 1 fully saturated rings. The van der Waals surface area contributed by atoms with E-state index in [9.17, 15) is 9.59 Å². The van der Waals surface area contributed by atoms with E-state index in [4.69, 9.17) is 0 Å². The summed E-state index contributed by atoms with van der Waals surface area (Å²) in [5.41, 5.74) is 3.44. The van der Waals surface area contributed by atoms with Gasteiger partial charge in [0.05, 0.1) is 10.6 Å². The maximum absolute atomic E-state index is 12.1. The smallest absolute Gasteiger partial charge is 0.227 e. The minimum absolute atomic E-state index is 0.0222. The number of carbonyl (C=O) groups excluding carboxylic acids is 2. The van der Waals surface area contributed by atoms with E-state index in [0.717, 1.165) is 40.4 Å².